The van der Waals surface area contributed by atoms with Crippen molar-refractivity contribution in [1.29, 1.82) is 0 Å². The summed E-state index contributed by atoms with van der Waals surface area (Å²) in [6, 6.07) is 9.60. The normalized spacial score (nSPS) is 7.53. The van der Waals surface area contributed by atoms with Crippen LogP contribution < -0.4 is 0 Å². The van der Waals surface area contributed by atoms with Gasteiger partial charge < -0.3 is 10.1 Å². The molecule has 2 N–H and O–H groups in total. The molecule has 4 heteroatoms. The molecular formula is C11H14N2O2. The van der Waals surface area contributed by atoms with Crippen LogP contribution in [-0.2, 0) is 4.79 Å². The van der Waals surface area contributed by atoms with Gasteiger partial charge in [0.05, 0.1) is 0 Å². The molecule has 2 aromatic rings. The molecular weight excluding hydrogens is 192 g/mol. The van der Waals surface area contributed by atoms with E-state index in [1.165, 1.54) is 0 Å². The lowest BCUT2D eigenvalue weighted by atomic mass is 10.5. The fourth-order valence-corrected chi connectivity index (χ4v) is 0.590. The zero-order chi connectivity index (χ0) is 11.4. The van der Waals surface area contributed by atoms with Gasteiger partial charge in [-0.1, -0.05) is 6.07 Å². The van der Waals surface area contributed by atoms with Crippen LogP contribution in [0.2, 0.25) is 0 Å². The van der Waals surface area contributed by atoms with E-state index >= 15 is 0 Å². The van der Waals surface area contributed by atoms with Gasteiger partial charge in [0.1, 0.15) is 0 Å². The number of pyridine rings is 1. The van der Waals surface area contributed by atoms with Crippen LogP contribution in [0.3, 0.4) is 0 Å². The molecule has 0 unspecified atom stereocenters. The van der Waals surface area contributed by atoms with Gasteiger partial charge in [-0.3, -0.25) is 9.78 Å². The Balaban J connectivity index is 0.000000202. The van der Waals surface area contributed by atoms with Crippen molar-refractivity contribution in [2.75, 3.05) is 0 Å². The lowest BCUT2D eigenvalue weighted by molar-refractivity contribution is -0.134. The molecule has 2 rings (SSSR count). The molecule has 0 bridgehead atoms. The van der Waals surface area contributed by atoms with Gasteiger partial charge in [-0.05, 0) is 24.3 Å². The molecule has 80 valence electrons. The Labute approximate surface area is 88.6 Å². The predicted octanol–water partition coefficient (Wildman–Crippen LogP) is 2.19. The molecule has 0 saturated carbocycles. The number of rotatable bonds is 0. The lowest BCUT2D eigenvalue weighted by Gasteiger charge is -1.70. The second-order valence-corrected chi connectivity index (χ2v) is 2.43. The standard InChI is InChI=1S/C5H5N.C4H5N.C2H4O2/c1-2-4-6-5-3-1;1-2-4-5-3-1;1-2(3)4/h1-5H;1-5H;1H3,(H,3,4). The van der Waals surface area contributed by atoms with Crippen LogP contribution >= 0.6 is 0 Å². The first kappa shape index (κ1) is 12.9. The van der Waals surface area contributed by atoms with Crippen LogP contribution in [0, 0.1) is 0 Å². The largest absolute Gasteiger partial charge is 0.481 e. The minimum Gasteiger partial charge on any atom is -0.481 e. The highest BCUT2D eigenvalue weighted by atomic mass is 16.4. The Morgan fingerprint density at radius 2 is 1.53 bits per heavy atom. The van der Waals surface area contributed by atoms with Crippen molar-refractivity contribution in [3.63, 3.8) is 0 Å². The number of hydrogen-bond acceptors (Lipinski definition) is 2. The molecule has 4 nitrogen and oxygen atoms in total. The number of aromatic nitrogens is 2. The number of aliphatic carboxylic acids is 1. The van der Waals surface area contributed by atoms with Crippen LogP contribution in [0.1, 0.15) is 6.92 Å². The second-order valence-electron chi connectivity index (χ2n) is 2.43. The molecule has 0 aromatic carbocycles. The molecule has 0 amide bonds. The van der Waals surface area contributed by atoms with E-state index in [4.69, 9.17) is 9.90 Å². The van der Waals surface area contributed by atoms with E-state index in [2.05, 4.69) is 9.97 Å². The van der Waals surface area contributed by atoms with Crippen molar-refractivity contribution in [1.82, 2.24) is 9.97 Å². The molecule has 15 heavy (non-hydrogen) atoms. The summed E-state index contributed by atoms with van der Waals surface area (Å²) < 4.78 is 0. The Morgan fingerprint density at radius 1 is 1.07 bits per heavy atom. The number of hydrogen-bond donors (Lipinski definition) is 2. The van der Waals surface area contributed by atoms with E-state index in [0.29, 0.717) is 0 Å². The first-order chi connectivity index (χ1) is 7.23. The van der Waals surface area contributed by atoms with Gasteiger partial charge in [0.15, 0.2) is 0 Å². The fourth-order valence-electron chi connectivity index (χ4n) is 0.590. The van der Waals surface area contributed by atoms with Gasteiger partial charge in [-0.25, -0.2) is 0 Å². The third-order valence-electron chi connectivity index (χ3n) is 1.06. The van der Waals surface area contributed by atoms with Crippen LogP contribution in [0.4, 0.5) is 0 Å². The highest BCUT2D eigenvalue weighted by molar-refractivity contribution is 5.62. The van der Waals surface area contributed by atoms with Crippen LogP contribution in [0.5, 0.6) is 0 Å². The Bertz CT molecular complexity index is 272. The number of carboxylic acids is 1. The Morgan fingerprint density at radius 3 is 1.67 bits per heavy atom. The zero-order valence-electron chi connectivity index (χ0n) is 8.50. The summed E-state index contributed by atoms with van der Waals surface area (Å²) in [7, 11) is 0. The van der Waals surface area contributed by atoms with Gasteiger partial charge >= 0.3 is 0 Å². The Hall–Kier alpha value is -2.10. The molecule has 0 saturated heterocycles. The van der Waals surface area contributed by atoms with Gasteiger partial charge in [-0.2, -0.15) is 0 Å². The third-order valence-corrected chi connectivity index (χ3v) is 1.06. The van der Waals surface area contributed by atoms with Gasteiger partial charge in [0.2, 0.25) is 0 Å². The highest BCUT2D eigenvalue weighted by Crippen LogP contribution is 1.73. The van der Waals surface area contributed by atoms with E-state index in [0.717, 1.165) is 6.92 Å². The molecule has 0 fully saturated rings. The minimum atomic E-state index is -0.833. The molecule has 2 heterocycles. The number of nitrogens with zero attached hydrogens (tertiary/aromatic N) is 1. The van der Waals surface area contributed by atoms with Crippen molar-refractivity contribution in [2.24, 2.45) is 0 Å². The van der Waals surface area contributed by atoms with Crippen molar-refractivity contribution < 1.29 is 9.90 Å². The van der Waals surface area contributed by atoms with E-state index < -0.39 is 5.97 Å². The number of nitrogens with one attached hydrogen (secondary N) is 1. The minimum absolute atomic E-state index is 0.833. The second kappa shape index (κ2) is 9.98. The predicted molar refractivity (Wildman–Crippen MR) is 58.3 cm³/mol. The summed E-state index contributed by atoms with van der Waals surface area (Å²) in [5, 5.41) is 7.42. The average molecular weight is 206 g/mol. The average Bonchev–Trinajstić information content (AvgIpc) is 2.77. The summed E-state index contributed by atoms with van der Waals surface area (Å²) in [5.41, 5.74) is 0. The first-order valence-electron chi connectivity index (χ1n) is 4.35. The first-order valence-corrected chi connectivity index (χ1v) is 4.35. The molecule has 0 aliphatic carbocycles. The topological polar surface area (TPSA) is 66.0 Å². The van der Waals surface area contributed by atoms with Crippen molar-refractivity contribution >= 4 is 5.97 Å². The van der Waals surface area contributed by atoms with Crippen LogP contribution in [-0.4, -0.2) is 21.0 Å². The Kier molecular flexibility index (Phi) is 8.59. The SMILES string of the molecule is CC(=O)O.c1cc[nH]c1.c1ccncc1. The summed E-state index contributed by atoms with van der Waals surface area (Å²) in [5.74, 6) is -0.833. The molecule has 0 radical (unpaired) electrons. The van der Waals surface area contributed by atoms with Gasteiger partial charge in [-0.15, -0.1) is 0 Å². The van der Waals surface area contributed by atoms with Crippen molar-refractivity contribution in [3.05, 3.63) is 55.1 Å². The summed E-state index contributed by atoms with van der Waals surface area (Å²) in [4.78, 5) is 15.6. The van der Waals surface area contributed by atoms with E-state index in [1.54, 1.807) is 12.4 Å². The monoisotopic (exact) mass is 206 g/mol. The molecule has 0 atom stereocenters. The maximum atomic E-state index is 9.00. The maximum Gasteiger partial charge on any atom is 0.300 e. The van der Waals surface area contributed by atoms with E-state index in [-0.39, 0.29) is 0 Å². The molecule has 0 aliphatic rings. The number of aromatic amines is 1. The zero-order valence-corrected chi connectivity index (χ0v) is 8.50. The number of carboxylic acid groups (broad SMARTS) is 1. The number of carbonyl (C=O) groups is 1. The summed E-state index contributed by atoms with van der Waals surface area (Å²) >= 11 is 0. The maximum absolute atomic E-state index is 9.00. The van der Waals surface area contributed by atoms with Gasteiger partial charge in [0, 0.05) is 31.7 Å². The van der Waals surface area contributed by atoms with E-state index in [9.17, 15) is 0 Å². The third kappa shape index (κ3) is 14.7. The van der Waals surface area contributed by atoms with Gasteiger partial charge in [0.25, 0.3) is 5.97 Å². The summed E-state index contributed by atoms with van der Waals surface area (Å²) in [6.07, 6.45) is 7.25. The molecule has 0 spiro atoms. The fraction of sp³-hybridized carbons (Fsp3) is 0.0909. The lowest BCUT2D eigenvalue weighted by Crippen LogP contribution is -1.78. The molecule has 0 aliphatic heterocycles. The van der Waals surface area contributed by atoms with Crippen LogP contribution in [0.15, 0.2) is 55.1 Å². The van der Waals surface area contributed by atoms with Crippen LogP contribution in [0.25, 0.3) is 0 Å². The molecule has 2 aromatic heterocycles. The van der Waals surface area contributed by atoms with Crippen molar-refractivity contribution in [2.45, 2.75) is 6.92 Å². The smallest absolute Gasteiger partial charge is 0.300 e. The highest BCUT2D eigenvalue weighted by Gasteiger charge is 1.65. The number of H-pyrrole nitrogens is 1. The van der Waals surface area contributed by atoms with Crippen molar-refractivity contribution in [3.8, 4) is 0 Å². The summed E-state index contributed by atoms with van der Waals surface area (Å²) in [6.45, 7) is 1.08. The van der Waals surface area contributed by atoms with E-state index in [1.807, 2.05) is 42.7 Å². The quantitative estimate of drug-likeness (QED) is 0.694.